The Hall–Kier alpha value is -2.50. The molecule has 1 N–H and O–H groups in total. The third-order valence-corrected chi connectivity index (χ3v) is 5.31. The van der Waals surface area contributed by atoms with E-state index in [1.165, 1.54) is 0 Å². The Morgan fingerprint density at radius 3 is 2.77 bits per heavy atom. The number of nitrogens with one attached hydrogen (secondary N) is 1. The average molecular weight is 356 g/mol. The molecule has 1 aliphatic carbocycles. The van der Waals surface area contributed by atoms with Crippen molar-refractivity contribution in [2.75, 3.05) is 13.7 Å². The van der Waals surface area contributed by atoms with E-state index in [4.69, 9.17) is 9.47 Å². The first-order valence-electron chi connectivity index (χ1n) is 9.27. The van der Waals surface area contributed by atoms with Crippen LogP contribution in [0.1, 0.15) is 54.2 Å². The number of methoxy groups -OCH3 is 1. The predicted molar refractivity (Wildman–Crippen MR) is 97.6 cm³/mol. The number of esters is 1. The van der Waals surface area contributed by atoms with Crippen molar-refractivity contribution in [1.82, 2.24) is 9.88 Å². The van der Waals surface area contributed by atoms with E-state index in [0.717, 1.165) is 42.3 Å². The van der Waals surface area contributed by atoms with Gasteiger partial charge in [0, 0.05) is 29.2 Å². The molecule has 2 aromatic rings. The fourth-order valence-electron chi connectivity index (χ4n) is 3.82. The Kier molecular flexibility index (Phi) is 4.34. The fraction of sp³-hybridized carbons (Fsp3) is 0.500. The average Bonchev–Trinajstić information content (AvgIpc) is 3.44. The fourth-order valence-corrected chi connectivity index (χ4v) is 3.82. The van der Waals surface area contributed by atoms with E-state index in [-0.39, 0.29) is 5.91 Å². The third kappa shape index (κ3) is 2.93. The SMILES string of the molecule is COc1ccc2c(c1)c(C(=O)OC1CCCCNC1=O)c(C)n2C1CC1. The molecule has 2 heterocycles. The van der Waals surface area contributed by atoms with Gasteiger partial charge in [0.2, 0.25) is 0 Å². The highest BCUT2D eigenvalue weighted by Gasteiger charge is 2.32. The summed E-state index contributed by atoms with van der Waals surface area (Å²) in [6.07, 6.45) is 3.88. The van der Waals surface area contributed by atoms with Gasteiger partial charge in [-0.3, -0.25) is 4.79 Å². The molecule has 1 saturated heterocycles. The van der Waals surface area contributed by atoms with Gasteiger partial charge in [0.25, 0.3) is 5.91 Å². The van der Waals surface area contributed by atoms with Crippen molar-refractivity contribution in [1.29, 1.82) is 0 Å². The summed E-state index contributed by atoms with van der Waals surface area (Å²) in [4.78, 5) is 25.1. The second-order valence-electron chi connectivity index (χ2n) is 7.13. The van der Waals surface area contributed by atoms with Crippen LogP contribution in [-0.2, 0) is 9.53 Å². The van der Waals surface area contributed by atoms with Gasteiger partial charge < -0.3 is 19.4 Å². The van der Waals surface area contributed by atoms with Crippen LogP contribution in [0.4, 0.5) is 0 Å². The van der Waals surface area contributed by atoms with Crippen LogP contribution in [0.2, 0.25) is 0 Å². The number of hydrogen-bond donors (Lipinski definition) is 1. The Bertz CT molecular complexity index is 866. The zero-order valence-corrected chi connectivity index (χ0v) is 15.2. The van der Waals surface area contributed by atoms with Crippen molar-refractivity contribution >= 4 is 22.8 Å². The summed E-state index contributed by atoms with van der Waals surface area (Å²) in [6.45, 7) is 2.60. The molecule has 138 valence electrons. The van der Waals surface area contributed by atoms with Crippen LogP contribution in [0, 0.1) is 6.92 Å². The number of rotatable bonds is 4. The monoisotopic (exact) mass is 356 g/mol. The van der Waals surface area contributed by atoms with Crippen LogP contribution in [0.25, 0.3) is 10.9 Å². The number of carbonyl (C=O) groups is 2. The van der Waals surface area contributed by atoms with E-state index in [0.29, 0.717) is 30.3 Å². The number of fused-ring (bicyclic) bond motifs is 1. The molecular weight excluding hydrogens is 332 g/mol. The third-order valence-electron chi connectivity index (χ3n) is 5.31. The quantitative estimate of drug-likeness (QED) is 0.855. The molecule has 1 saturated carbocycles. The smallest absolute Gasteiger partial charge is 0.341 e. The minimum atomic E-state index is -0.714. The van der Waals surface area contributed by atoms with E-state index >= 15 is 0 Å². The number of ether oxygens (including phenoxy) is 2. The van der Waals surface area contributed by atoms with Crippen LogP contribution in [-0.4, -0.2) is 36.2 Å². The molecule has 0 bridgehead atoms. The van der Waals surface area contributed by atoms with Crippen molar-refractivity contribution in [3.8, 4) is 5.75 Å². The van der Waals surface area contributed by atoms with Crippen molar-refractivity contribution in [2.24, 2.45) is 0 Å². The first kappa shape index (κ1) is 16.9. The van der Waals surface area contributed by atoms with Gasteiger partial charge in [-0.25, -0.2) is 4.79 Å². The van der Waals surface area contributed by atoms with Gasteiger partial charge in [0.15, 0.2) is 6.10 Å². The van der Waals surface area contributed by atoms with Gasteiger partial charge >= 0.3 is 5.97 Å². The molecule has 2 aliphatic rings. The maximum absolute atomic E-state index is 13.0. The summed E-state index contributed by atoms with van der Waals surface area (Å²) in [6, 6.07) is 6.22. The highest BCUT2D eigenvalue weighted by molar-refractivity contribution is 6.07. The van der Waals surface area contributed by atoms with Crippen molar-refractivity contribution in [2.45, 2.75) is 51.2 Å². The largest absolute Gasteiger partial charge is 0.497 e. The standard InChI is InChI=1S/C20H24N2O4/c1-12-18(20(24)26-17-5-3-4-10-21-19(17)23)15-11-14(25-2)8-9-16(15)22(12)13-6-7-13/h8-9,11,13,17H,3-7,10H2,1-2H3,(H,21,23). The lowest BCUT2D eigenvalue weighted by molar-refractivity contribution is -0.129. The van der Waals surface area contributed by atoms with E-state index in [1.807, 2.05) is 25.1 Å². The van der Waals surface area contributed by atoms with Gasteiger partial charge in [-0.1, -0.05) is 0 Å². The molecule has 4 rings (SSSR count). The maximum atomic E-state index is 13.0. The lowest BCUT2D eigenvalue weighted by Gasteiger charge is -2.14. The van der Waals surface area contributed by atoms with Gasteiger partial charge in [-0.05, 0) is 57.2 Å². The van der Waals surface area contributed by atoms with Crippen LogP contribution in [0.5, 0.6) is 5.75 Å². The van der Waals surface area contributed by atoms with Gasteiger partial charge in [-0.15, -0.1) is 0 Å². The molecule has 1 aromatic heterocycles. The van der Waals surface area contributed by atoms with Gasteiger partial charge in [-0.2, -0.15) is 0 Å². The van der Waals surface area contributed by atoms with Gasteiger partial charge in [0.05, 0.1) is 12.7 Å². The number of amides is 1. The molecule has 1 atom stereocenters. The van der Waals surface area contributed by atoms with Crippen LogP contribution < -0.4 is 10.1 Å². The molecule has 2 fully saturated rings. The van der Waals surface area contributed by atoms with E-state index in [9.17, 15) is 9.59 Å². The molecule has 6 heteroatoms. The summed E-state index contributed by atoms with van der Waals surface area (Å²) >= 11 is 0. The summed E-state index contributed by atoms with van der Waals surface area (Å²) < 4.78 is 13.2. The zero-order valence-electron chi connectivity index (χ0n) is 15.2. The first-order chi connectivity index (χ1) is 12.6. The maximum Gasteiger partial charge on any atom is 0.341 e. The van der Waals surface area contributed by atoms with E-state index in [1.54, 1.807) is 7.11 Å². The molecule has 0 radical (unpaired) electrons. The van der Waals surface area contributed by atoms with E-state index < -0.39 is 12.1 Å². The van der Waals surface area contributed by atoms with Crippen LogP contribution in [0.3, 0.4) is 0 Å². The summed E-state index contributed by atoms with van der Waals surface area (Å²) in [5.41, 5.74) is 2.46. The summed E-state index contributed by atoms with van der Waals surface area (Å²) in [7, 11) is 1.61. The molecule has 1 unspecified atom stereocenters. The number of nitrogens with zero attached hydrogens (tertiary/aromatic N) is 1. The Morgan fingerprint density at radius 1 is 1.23 bits per heavy atom. The Morgan fingerprint density at radius 2 is 2.04 bits per heavy atom. The van der Waals surface area contributed by atoms with Crippen molar-refractivity contribution in [3.05, 3.63) is 29.5 Å². The molecule has 6 nitrogen and oxygen atoms in total. The molecule has 0 spiro atoms. The Labute approximate surface area is 152 Å². The Balaban J connectivity index is 1.73. The summed E-state index contributed by atoms with van der Waals surface area (Å²) in [5, 5.41) is 3.64. The highest BCUT2D eigenvalue weighted by Crippen LogP contribution is 2.42. The van der Waals surface area contributed by atoms with Crippen molar-refractivity contribution in [3.63, 3.8) is 0 Å². The predicted octanol–water partition coefficient (Wildman–Crippen LogP) is 3.12. The minimum absolute atomic E-state index is 0.197. The lowest BCUT2D eigenvalue weighted by atomic mass is 10.1. The van der Waals surface area contributed by atoms with Crippen LogP contribution >= 0.6 is 0 Å². The zero-order chi connectivity index (χ0) is 18.3. The molecule has 1 amide bonds. The normalized spacial score (nSPS) is 20.5. The first-order valence-corrected chi connectivity index (χ1v) is 9.27. The second kappa shape index (κ2) is 6.67. The molecule has 1 aliphatic heterocycles. The summed E-state index contributed by atoms with van der Waals surface area (Å²) in [5.74, 6) is 0.0749. The molecule has 26 heavy (non-hydrogen) atoms. The van der Waals surface area contributed by atoms with Crippen molar-refractivity contribution < 1.29 is 19.1 Å². The molecular formula is C20H24N2O4. The highest BCUT2D eigenvalue weighted by atomic mass is 16.5. The number of aromatic nitrogens is 1. The second-order valence-corrected chi connectivity index (χ2v) is 7.13. The van der Waals surface area contributed by atoms with E-state index in [2.05, 4.69) is 9.88 Å². The lowest BCUT2D eigenvalue weighted by Crippen LogP contribution is -2.36. The topological polar surface area (TPSA) is 69.6 Å². The van der Waals surface area contributed by atoms with Gasteiger partial charge in [0.1, 0.15) is 5.75 Å². The van der Waals surface area contributed by atoms with Crippen LogP contribution in [0.15, 0.2) is 18.2 Å². The minimum Gasteiger partial charge on any atom is -0.497 e. The number of carbonyl (C=O) groups excluding carboxylic acids is 2. The molecule has 1 aromatic carbocycles. The number of benzene rings is 1. The number of hydrogen-bond acceptors (Lipinski definition) is 4.